The fourth-order valence-electron chi connectivity index (χ4n) is 2.42. The lowest BCUT2D eigenvalue weighted by atomic mass is 10.3. The van der Waals surface area contributed by atoms with Crippen molar-refractivity contribution in [3.63, 3.8) is 0 Å². The lowest BCUT2D eigenvalue weighted by Crippen LogP contribution is -2.02. The van der Waals surface area contributed by atoms with Gasteiger partial charge in [0.25, 0.3) is 0 Å². The highest BCUT2D eigenvalue weighted by Gasteiger charge is 2.08. The average Bonchev–Trinajstić information content (AvgIpc) is 3.33. The Balaban J connectivity index is 0.000000204. The number of hydrogen-bond donors (Lipinski definition) is 1. The summed E-state index contributed by atoms with van der Waals surface area (Å²) in [7, 11) is 3.66. The zero-order valence-corrected chi connectivity index (χ0v) is 22.9. The van der Waals surface area contributed by atoms with Gasteiger partial charge in [0.15, 0.2) is 0 Å². The third-order valence-corrected chi connectivity index (χ3v) is 4.85. The Kier molecular flexibility index (Phi) is 11.5. The van der Waals surface area contributed by atoms with Crippen molar-refractivity contribution < 1.29 is 13.9 Å². The number of hydrogen-bond acceptors (Lipinski definition) is 9. The SMILES string of the molecule is CCOc1cc(Cc2ncc(Br)cn2)n(C)n1.CCOc1cc(N)n(C)n1.Fc1ncc(Br)cn1. The Bertz CT molecular complexity index is 1130. The van der Waals surface area contributed by atoms with Crippen LogP contribution in [0.15, 0.2) is 45.9 Å². The maximum absolute atomic E-state index is 11.8. The van der Waals surface area contributed by atoms with Gasteiger partial charge in [-0.3, -0.25) is 4.68 Å². The number of ether oxygens (including phenoxy) is 2. The van der Waals surface area contributed by atoms with E-state index < -0.39 is 6.08 Å². The van der Waals surface area contributed by atoms with Crippen LogP contribution in [0.4, 0.5) is 10.2 Å². The molecule has 4 heterocycles. The molecule has 4 rings (SSSR count). The molecule has 0 saturated heterocycles. The van der Waals surface area contributed by atoms with E-state index in [1.807, 2.05) is 27.0 Å². The van der Waals surface area contributed by atoms with E-state index in [9.17, 15) is 4.39 Å². The molecule has 0 bridgehead atoms. The van der Waals surface area contributed by atoms with Gasteiger partial charge in [-0.2, -0.15) is 4.39 Å². The summed E-state index contributed by atoms with van der Waals surface area (Å²) in [5, 5.41) is 8.21. The van der Waals surface area contributed by atoms with Crippen LogP contribution in [0.1, 0.15) is 25.4 Å². The number of nitrogens with zero attached hydrogens (tertiary/aromatic N) is 8. The molecule has 0 radical (unpaired) electrons. The van der Waals surface area contributed by atoms with Gasteiger partial charge < -0.3 is 15.2 Å². The molecule has 188 valence electrons. The van der Waals surface area contributed by atoms with Crippen molar-refractivity contribution in [2.45, 2.75) is 20.3 Å². The summed E-state index contributed by atoms with van der Waals surface area (Å²) < 4.78 is 27.2. The van der Waals surface area contributed by atoms with E-state index in [4.69, 9.17) is 15.2 Å². The van der Waals surface area contributed by atoms with E-state index in [-0.39, 0.29) is 0 Å². The number of aryl methyl sites for hydroxylation is 2. The summed E-state index contributed by atoms with van der Waals surface area (Å²) in [5.74, 6) is 2.60. The minimum Gasteiger partial charge on any atom is -0.477 e. The van der Waals surface area contributed by atoms with Gasteiger partial charge in [-0.05, 0) is 45.7 Å². The Labute approximate surface area is 219 Å². The van der Waals surface area contributed by atoms with Gasteiger partial charge in [0.1, 0.15) is 11.6 Å². The maximum Gasteiger partial charge on any atom is 0.308 e. The Morgan fingerprint density at radius 3 is 1.77 bits per heavy atom. The number of nitrogen functional groups attached to an aromatic ring is 1. The van der Waals surface area contributed by atoms with E-state index in [0.717, 1.165) is 16.0 Å². The number of aromatic nitrogens is 8. The smallest absolute Gasteiger partial charge is 0.308 e. The minimum atomic E-state index is -0.701. The van der Waals surface area contributed by atoms with Crippen LogP contribution in [0.25, 0.3) is 0 Å². The number of anilines is 1. The van der Waals surface area contributed by atoms with Crippen molar-refractivity contribution in [1.29, 1.82) is 0 Å². The van der Waals surface area contributed by atoms with Crippen molar-refractivity contribution in [1.82, 2.24) is 39.5 Å². The molecule has 4 aromatic rings. The Morgan fingerprint density at radius 2 is 1.31 bits per heavy atom. The molecular weight excluding hydrogens is 589 g/mol. The molecule has 11 nitrogen and oxygen atoms in total. The minimum absolute atomic E-state index is 0.586. The number of nitrogens with two attached hydrogens (primary N) is 1. The molecule has 0 atom stereocenters. The maximum atomic E-state index is 11.8. The molecule has 0 fully saturated rings. The lowest BCUT2D eigenvalue weighted by Gasteiger charge is -1.99. The molecule has 0 aliphatic heterocycles. The molecular formula is C21H26Br2FN9O2. The highest BCUT2D eigenvalue weighted by atomic mass is 79.9. The molecule has 0 aliphatic rings. The second kappa shape index (κ2) is 14.3. The summed E-state index contributed by atoms with van der Waals surface area (Å²) in [6, 6.07) is 3.61. The van der Waals surface area contributed by atoms with Gasteiger partial charge in [0, 0.05) is 63.1 Å². The molecule has 0 unspecified atom stereocenters. The molecule has 0 saturated carbocycles. The van der Waals surface area contributed by atoms with E-state index in [1.165, 1.54) is 12.4 Å². The molecule has 0 amide bonds. The number of halogens is 3. The Morgan fingerprint density at radius 1 is 0.829 bits per heavy atom. The van der Waals surface area contributed by atoms with Crippen LogP contribution >= 0.6 is 31.9 Å². The zero-order chi connectivity index (χ0) is 25.8. The van der Waals surface area contributed by atoms with E-state index >= 15 is 0 Å². The van der Waals surface area contributed by atoms with Crippen LogP contribution in [-0.2, 0) is 20.5 Å². The first-order valence-corrected chi connectivity index (χ1v) is 12.0. The average molecular weight is 615 g/mol. The van der Waals surface area contributed by atoms with Gasteiger partial charge in [0.05, 0.1) is 22.2 Å². The summed E-state index contributed by atoms with van der Waals surface area (Å²) in [5.41, 5.74) is 6.52. The first-order chi connectivity index (χ1) is 16.7. The standard InChI is InChI=1S/C11H13BrN4O.C6H11N3O.C4H2BrFN2/c1-3-17-11-5-9(16(2)15-11)4-10-13-6-8(12)7-14-10;1-3-10-6-4-5(7)9(2)8-6;5-3-1-7-4(6)8-2-3/h5-7H,3-4H2,1-2H3;4H,3,7H2,1-2H3;1-2H. The largest absolute Gasteiger partial charge is 0.477 e. The third-order valence-electron chi connectivity index (χ3n) is 4.03. The molecule has 0 spiro atoms. The van der Waals surface area contributed by atoms with Gasteiger partial charge in [-0.15, -0.1) is 10.2 Å². The summed E-state index contributed by atoms with van der Waals surface area (Å²) in [6.07, 6.45) is 6.12. The van der Waals surface area contributed by atoms with Crippen LogP contribution < -0.4 is 15.2 Å². The van der Waals surface area contributed by atoms with Crippen molar-refractivity contribution in [2.24, 2.45) is 14.1 Å². The van der Waals surface area contributed by atoms with Gasteiger partial charge >= 0.3 is 6.08 Å². The third kappa shape index (κ3) is 9.94. The van der Waals surface area contributed by atoms with Gasteiger partial charge in [-0.1, -0.05) is 0 Å². The molecule has 14 heteroatoms. The lowest BCUT2D eigenvalue weighted by molar-refractivity contribution is 0.323. The fraction of sp³-hybridized carbons (Fsp3) is 0.333. The number of rotatable bonds is 6. The molecule has 2 N–H and O–H groups in total. The van der Waals surface area contributed by atoms with Crippen molar-refractivity contribution >= 4 is 37.7 Å². The van der Waals surface area contributed by atoms with Crippen LogP contribution in [0.5, 0.6) is 11.8 Å². The van der Waals surface area contributed by atoms with E-state index in [1.54, 1.807) is 34.9 Å². The van der Waals surface area contributed by atoms with Gasteiger partial charge in [-0.25, -0.2) is 24.6 Å². The van der Waals surface area contributed by atoms with Crippen LogP contribution in [0, 0.1) is 6.08 Å². The summed E-state index contributed by atoms with van der Waals surface area (Å²) >= 11 is 6.36. The van der Waals surface area contributed by atoms with Crippen molar-refractivity contribution in [3.8, 4) is 11.8 Å². The normalized spacial score (nSPS) is 10.0. The quantitative estimate of drug-likeness (QED) is 0.323. The predicted molar refractivity (Wildman–Crippen MR) is 135 cm³/mol. The second-order valence-electron chi connectivity index (χ2n) is 6.66. The molecule has 0 aliphatic carbocycles. The highest BCUT2D eigenvalue weighted by molar-refractivity contribution is 9.10. The zero-order valence-electron chi connectivity index (χ0n) is 19.7. The first-order valence-electron chi connectivity index (χ1n) is 10.4. The van der Waals surface area contributed by atoms with Gasteiger partial charge in [0.2, 0.25) is 11.8 Å². The first kappa shape index (κ1) is 28.1. The van der Waals surface area contributed by atoms with E-state index in [0.29, 0.717) is 41.7 Å². The van der Waals surface area contributed by atoms with Crippen molar-refractivity contribution in [3.05, 3.63) is 63.5 Å². The van der Waals surface area contributed by atoms with Crippen LogP contribution in [0.2, 0.25) is 0 Å². The molecule has 0 aromatic carbocycles. The summed E-state index contributed by atoms with van der Waals surface area (Å²) in [4.78, 5) is 15.0. The van der Waals surface area contributed by atoms with Crippen LogP contribution in [0.3, 0.4) is 0 Å². The fourth-order valence-corrected chi connectivity index (χ4v) is 2.83. The monoisotopic (exact) mass is 613 g/mol. The molecule has 4 aromatic heterocycles. The van der Waals surface area contributed by atoms with Crippen LogP contribution in [-0.4, -0.2) is 52.7 Å². The van der Waals surface area contributed by atoms with E-state index in [2.05, 4.69) is 62.0 Å². The topological polar surface area (TPSA) is 132 Å². The summed E-state index contributed by atoms with van der Waals surface area (Å²) in [6.45, 7) is 5.08. The predicted octanol–water partition coefficient (Wildman–Crippen LogP) is 3.74. The molecule has 35 heavy (non-hydrogen) atoms. The second-order valence-corrected chi connectivity index (χ2v) is 8.49. The Hall–Kier alpha value is -3.13. The van der Waals surface area contributed by atoms with Crippen molar-refractivity contribution in [2.75, 3.05) is 18.9 Å². The highest BCUT2D eigenvalue weighted by Crippen LogP contribution is 2.14.